The second-order valence-electron chi connectivity index (χ2n) is 8.13. The summed E-state index contributed by atoms with van der Waals surface area (Å²) in [6, 6.07) is 32.4. The van der Waals surface area contributed by atoms with E-state index in [-0.39, 0.29) is 11.0 Å². The normalized spacial score (nSPS) is 12.7. The molecule has 1 atom stereocenters. The fraction of sp³-hybridized carbons (Fsp3) is 0.231. The number of benzene rings is 3. The summed E-state index contributed by atoms with van der Waals surface area (Å²) in [4.78, 5) is 0. The molecule has 0 nitrogen and oxygen atoms in total. The molecule has 0 fully saturated rings. The van der Waals surface area contributed by atoms with Crippen LogP contribution in [0.25, 0.3) is 0 Å². The largest absolute Gasteiger partial charge is 0.204 e. The van der Waals surface area contributed by atoms with E-state index in [0.29, 0.717) is 0 Å². The Morgan fingerprint density at radius 1 is 0.667 bits per heavy atom. The molecule has 136 valence electrons. The van der Waals surface area contributed by atoms with E-state index in [2.05, 4.69) is 130 Å². The average Bonchev–Trinajstić information content (AvgIpc) is 2.69. The second kappa shape index (κ2) is 7.99. The van der Waals surface area contributed by atoms with Crippen molar-refractivity contribution in [2.45, 2.75) is 38.7 Å². The summed E-state index contributed by atoms with van der Waals surface area (Å²) in [5.41, 5.74) is 5.17. The van der Waals surface area contributed by atoms with E-state index >= 15 is 0 Å². The summed E-state index contributed by atoms with van der Waals surface area (Å²) >= 11 is 0. The molecule has 0 aromatic heterocycles. The summed E-state index contributed by atoms with van der Waals surface area (Å²) in [5, 5.41) is 2.84. The molecule has 0 heterocycles. The summed E-state index contributed by atoms with van der Waals surface area (Å²) in [6.45, 7) is 9.25. The van der Waals surface area contributed by atoms with Crippen LogP contribution in [0.15, 0.2) is 91.0 Å². The van der Waals surface area contributed by atoms with Gasteiger partial charge >= 0.3 is 0 Å². The SMILES string of the molecule is CC(C#C[Si](c1ccccc1)(c1ccccc1)C(C)(C)C)c1ccccc1. The van der Waals surface area contributed by atoms with Gasteiger partial charge in [-0.25, -0.2) is 0 Å². The Morgan fingerprint density at radius 3 is 1.48 bits per heavy atom. The van der Waals surface area contributed by atoms with E-state index in [1.807, 2.05) is 0 Å². The van der Waals surface area contributed by atoms with Crippen LogP contribution in [-0.4, -0.2) is 8.07 Å². The van der Waals surface area contributed by atoms with Gasteiger partial charge in [0.2, 0.25) is 8.07 Å². The fourth-order valence-electron chi connectivity index (χ4n) is 3.78. The highest BCUT2D eigenvalue weighted by Gasteiger charge is 2.46. The maximum atomic E-state index is 3.89. The van der Waals surface area contributed by atoms with Crippen LogP contribution in [-0.2, 0) is 0 Å². The molecule has 3 aromatic carbocycles. The quantitative estimate of drug-likeness (QED) is 0.429. The molecule has 0 N–H and O–H groups in total. The van der Waals surface area contributed by atoms with E-state index in [1.165, 1.54) is 15.9 Å². The zero-order valence-electron chi connectivity index (χ0n) is 16.7. The van der Waals surface area contributed by atoms with Crippen molar-refractivity contribution in [3.8, 4) is 11.5 Å². The lowest BCUT2D eigenvalue weighted by molar-refractivity contribution is 0.740. The Morgan fingerprint density at radius 2 is 1.07 bits per heavy atom. The molecule has 3 aromatic rings. The van der Waals surface area contributed by atoms with Gasteiger partial charge in [0.05, 0.1) is 0 Å². The van der Waals surface area contributed by atoms with Gasteiger partial charge in [-0.3, -0.25) is 0 Å². The van der Waals surface area contributed by atoms with Crippen molar-refractivity contribution in [3.05, 3.63) is 96.6 Å². The molecular weight excluding hydrogens is 340 g/mol. The number of hydrogen-bond acceptors (Lipinski definition) is 0. The van der Waals surface area contributed by atoms with Gasteiger partial charge in [-0.05, 0) is 27.9 Å². The minimum absolute atomic E-state index is 0.0686. The Balaban J connectivity index is 2.21. The maximum absolute atomic E-state index is 3.89. The summed E-state index contributed by atoms with van der Waals surface area (Å²) in [6.07, 6.45) is 0. The minimum Gasteiger partial charge on any atom is -0.119 e. The Bertz CT molecular complexity index is 870. The molecule has 0 spiro atoms. The summed E-state index contributed by atoms with van der Waals surface area (Å²) in [5.74, 6) is 3.87. The predicted molar refractivity (Wildman–Crippen MR) is 120 cm³/mol. The van der Waals surface area contributed by atoms with Gasteiger partial charge in [-0.2, -0.15) is 0 Å². The molecule has 0 saturated heterocycles. The lowest BCUT2D eigenvalue weighted by atomic mass is 10.0. The first-order valence-electron chi connectivity index (χ1n) is 9.64. The van der Waals surface area contributed by atoms with E-state index in [1.54, 1.807) is 0 Å². The average molecular weight is 369 g/mol. The lowest BCUT2D eigenvalue weighted by Gasteiger charge is -2.39. The van der Waals surface area contributed by atoms with Crippen molar-refractivity contribution >= 4 is 18.4 Å². The van der Waals surface area contributed by atoms with Gasteiger partial charge in [0.1, 0.15) is 0 Å². The van der Waals surface area contributed by atoms with Crippen molar-refractivity contribution in [3.63, 3.8) is 0 Å². The molecule has 0 saturated carbocycles. The first-order chi connectivity index (χ1) is 12.9. The van der Waals surface area contributed by atoms with Gasteiger partial charge in [0.25, 0.3) is 0 Å². The molecule has 0 radical (unpaired) electrons. The van der Waals surface area contributed by atoms with Crippen molar-refractivity contribution in [2.24, 2.45) is 0 Å². The molecule has 1 unspecified atom stereocenters. The third kappa shape index (κ3) is 3.92. The molecule has 0 amide bonds. The van der Waals surface area contributed by atoms with Gasteiger partial charge in [-0.15, -0.1) is 11.5 Å². The monoisotopic (exact) mass is 368 g/mol. The first-order valence-corrected chi connectivity index (χ1v) is 11.6. The molecule has 0 aliphatic rings. The topological polar surface area (TPSA) is 0 Å². The van der Waals surface area contributed by atoms with Crippen LogP contribution in [0.3, 0.4) is 0 Å². The van der Waals surface area contributed by atoms with Gasteiger partial charge in [0, 0.05) is 5.92 Å². The van der Waals surface area contributed by atoms with Crippen LogP contribution in [0.1, 0.15) is 39.2 Å². The van der Waals surface area contributed by atoms with Crippen LogP contribution >= 0.6 is 0 Å². The van der Waals surface area contributed by atoms with E-state index < -0.39 is 8.07 Å². The van der Waals surface area contributed by atoms with E-state index in [4.69, 9.17) is 0 Å². The van der Waals surface area contributed by atoms with Crippen LogP contribution < -0.4 is 10.4 Å². The molecule has 1 heteroatoms. The first kappa shape index (κ1) is 19.2. The van der Waals surface area contributed by atoms with Gasteiger partial charge < -0.3 is 0 Å². The van der Waals surface area contributed by atoms with Crippen LogP contribution in [0, 0.1) is 11.5 Å². The van der Waals surface area contributed by atoms with Crippen LogP contribution in [0.5, 0.6) is 0 Å². The predicted octanol–water partition coefficient (Wildman–Crippen LogP) is 5.40. The highest BCUT2D eigenvalue weighted by molar-refractivity contribution is 7.10. The Hall–Kier alpha value is -2.56. The summed E-state index contributed by atoms with van der Waals surface area (Å²) < 4.78 is 0. The molecule has 0 bridgehead atoms. The van der Waals surface area contributed by atoms with Crippen molar-refractivity contribution in [1.29, 1.82) is 0 Å². The summed E-state index contributed by atoms with van der Waals surface area (Å²) in [7, 11) is -2.31. The Labute approximate surface area is 165 Å². The van der Waals surface area contributed by atoms with Crippen molar-refractivity contribution in [1.82, 2.24) is 0 Å². The lowest BCUT2D eigenvalue weighted by Crippen LogP contribution is -2.63. The number of hydrogen-bond donors (Lipinski definition) is 0. The van der Waals surface area contributed by atoms with Crippen LogP contribution in [0.2, 0.25) is 5.04 Å². The third-order valence-electron chi connectivity index (χ3n) is 5.31. The third-order valence-corrected chi connectivity index (χ3v) is 10.5. The second-order valence-corrected chi connectivity index (χ2v) is 12.5. The molecule has 3 rings (SSSR count). The molecule has 0 aliphatic heterocycles. The van der Waals surface area contributed by atoms with Gasteiger partial charge in [0.15, 0.2) is 0 Å². The highest BCUT2D eigenvalue weighted by Crippen LogP contribution is 2.35. The van der Waals surface area contributed by atoms with Crippen molar-refractivity contribution < 1.29 is 0 Å². The highest BCUT2D eigenvalue weighted by atomic mass is 28.3. The van der Waals surface area contributed by atoms with E-state index in [0.717, 1.165) is 0 Å². The molecular formula is C26H28Si. The zero-order chi connectivity index (χ0) is 19.3. The molecule has 27 heavy (non-hydrogen) atoms. The minimum atomic E-state index is -2.31. The Kier molecular flexibility index (Phi) is 5.68. The number of rotatable bonds is 3. The smallest absolute Gasteiger partial charge is 0.119 e. The van der Waals surface area contributed by atoms with E-state index in [9.17, 15) is 0 Å². The van der Waals surface area contributed by atoms with Crippen LogP contribution in [0.4, 0.5) is 0 Å². The van der Waals surface area contributed by atoms with Crippen molar-refractivity contribution in [2.75, 3.05) is 0 Å². The maximum Gasteiger partial charge on any atom is 0.204 e. The molecule has 0 aliphatic carbocycles. The fourth-order valence-corrected chi connectivity index (χ4v) is 8.33. The van der Waals surface area contributed by atoms with Gasteiger partial charge in [-0.1, -0.05) is 112 Å². The standard InChI is InChI=1S/C26H28Si/c1-22(23-14-8-5-9-15-23)20-21-27(26(2,3)4,24-16-10-6-11-17-24)25-18-12-7-13-19-25/h5-19,22H,1-4H3. The zero-order valence-corrected chi connectivity index (χ0v) is 17.7.